The van der Waals surface area contributed by atoms with Gasteiger partial charge in [0.15, 0.2) is 0 Å². The first kappa shape index (κ1) is 17.3. The van der Waals surface area contributed by atoms with Crippen LogP contribution in [0.1, 0.15) is 32.6 Å². The van der Waals surface area contributed by atoms with Crippen molar-refractivity contribution in [2.75, 3.05) is 5.32 Å². The van der Waals surface area contributed by atoms with E-state index in [4.69, 9.17) is 0 Å². The van der Waals surface area contributed by atoms with Crippen LogP contribution in [0.4, 0.5) is 10.1 Å². The number of carbonyl (C=O) groups is 1. The summed E-state index contributed by atoms with van der Waals surface area (Å²) >= 11 is 1.37. The molecule has 2 rings (SSSR count). The molecule has 122 valence electrons. The van der Waals surface area contributed by atoms with Crippen molar-refractivity contribution in [2.24, 2.45) is 0 Å². The summed E-state index contributed by atoms with van der Waals surface area (Å²) < 4.78 is 13.0. The first-order valence-electron chi connectivity index (χ1n) is 7.65. The smallest absolute Gasteiger partial charge is 0.224 e. The zero-order valence-corrected chi connectivity index (χ0v) is 13.8. The number of phenolic OH excluding ortho intramolecular Hbond substituents is 1. The number of hydrogen-bond acceptors (Lipinski definition) is 3. The number of benzene rings is 2. The lowest BCUT2D eigenvalue weighted by atomic mass is 10.2. The number of amides is 1. The molecule has 0 atom stereocenters. The largest absolute Gasteiger partial charge is 0.506 e. The van der Waals surface area contributed by atoms with Crippen LogP contribution in [0, 0.1) is 5.82 Å². The van der Waals surface area contributed by atoms with Crippen LogP contribution >= 0.6 is 11.8 Å². The maximum Gasteiger partial charge on any atom is 0.224 e. The molecule has 2 N–H and O–H groups in total. The molecular weight excluding hydrogens is 313 g/mol. The predicted molar refractivity (Wildman–Crippen MR) is 91.4 cm³/mol. The molecular formula is C18H20FNO2S. The summed E-state index contributed by atoms with van der Waals surface area (Å²) in [4.78, 5) is 13.6. The van der Waals surface area contributed by atoms with Gasteiger partial charge >= 0.3 is 0 Å². The fourth-order valence-corrected chi connectivity index (χ4v) is 3.03. The van der Waals surface area contributed by atoms with Crippen LogP contribution < -0.4 is 5.32 Å². The van der Waals surface area contributed by atoms with Gasteiger partial charge in [0.2, 0.25) is 5.91 Å². The molecule has 3 nitrogen and oxygen atoms in total. The van der Waals surface area contributed by atoms with Gasteiger partial charge in [0.25, 0.3) is 0 Å². The zero-order valence-electron chi connectivity index (χ0n) is 13.0. The highest BCUT2D eigenvalue weighted by molar-refractivity contribution is 7.99. The molecule has 0 aliphatic heterocycles. The van der Waals surface area contributed by atoms with Crippen LogP contribution in [0.25, 0.3) is 0 Å². The Morgan fingerprint density at radius 1 is 1.17 bits per heavy atom. The molecule has 0 aromatic heterocycles. The van der Waals surface area contributed by atoms with Crippen molar-refractivity contribution in [1.29, 1.82) is 0 Å². The highest BCUT2D eigenvalue weighted by atomic mass is 32.2. The van der Waals surface area contributed by atoms with Crippen molar-refractivity contribution in [3.63, 3.8) is 0 Å². The average Bonchev–Trinajstić information content (AvgIpc) is 2.53. The van der Waals surface area contributed by atoms with Crippen molar-refractivity contribution < 1.29 is 14.3 Å². The molecule has 0 unspecified atom stereocenters. The third-order valence-electron chi connectivity index (χ3n) is 3.32. The minimum Gasteiger partial charge on any atom is -0.506 e. The van der Waals surface area contributed by atoms with Crippen LogP contribution in [0.15, 0.2) is 52.3 Å². The Kier molecular flexibility index (Phi) is 6.47. The van der Waals surface area contributed by atoms with Crippen LogP contribution in [0.2, 0.25) is 0 Å². The molecule has 5 heteroatoms. The number of hydrogen-bond donors (Lipinski definition) is 2. The highest BCUT2D eigenvalue weighted by Gasteiger charge is 2.12. The Morgan fingerprint density at radius 2 is 1.91 bits per heavy atom. The molecule has 2 aromatic rings. The Labute approximate surface area is 139 Å². The minimum atomic E-state index is -0.297. The SMILES string of the molecule is CCCCCC(=O)Nc1c(O)cccc1Sc1ccc(F)cc1. The van der Waals surface area contributed by atoms with Gasteiger partial charge in [-0.2, -0.15) is 0 Å². The average molecular weight is 333 g/mol. The van der Waals surface area contributed by atoms with Crippen molar-refractivity contribution in [3.8, 4) is 5.75 Å². The number of halogens is 1. The lowest BCUT2D eigenvalue weighted by Gasteiger charge is -2.12. The monoisotopic (exact) mass is 333 g/mol. The molecule has 0 fully saturated rings. The lowest BCUT2D eigenvalue weighted by molar-refractivity contribution is -0.116. The van der Waals surface area contributed by atoms with E-state index in [0.717, 1.165) is 29.1 Å². The second kappa shape index (κ2) is 8.58. The van der Waals surface area contributed by atoms with Gasteiger partial charge in [0.1, 0.15) is 11.6 Å². The van der Waals surface area contributed by atoms with Gasteiger partial charge in [-0.3, -0.25) is 4.79 Å². The molecule has 0 radical (unpaired) electrons. The van der Waals surface area contributed by atoms with Gasteiger partial charge in [-0.05, 0) is 42.8 Å². The van der Waals surface area contributed by atoms with E-state index in [2.05, 4.69) is 12.2 Å². The van der Waals surface area contributed by atoms with Crippen LogP contribution in [0.3, 0.4) is 0 Å². The summed E-state index contributed by atoms with van der Waals surface area (Å²) in [6, 6.07) is 11.2. The number of anilines is 1. The van der Waals surface area contributed by atoms with E-state index in [9.17, 15) is 14.3 Å². The summed E-state index contributed by atoms with van der Waals surface area (Å²) in [7, 11) is 0. The molecule has 0 saturated carbocycles. The Morgan fingerprint density at radius 3 is 2.61 bits per heavy atom. The van der Waals surface area contributed by atoms with Gasteiger partial charge < -0.3 is 10.4 Å². The molecule has 0 saturated heterocycles. The fraction of sp³-hybridized carbons (Fsp3) is 0.278. The van der Waals surface area contributed by atoms with Crippen LogP contribution in [-0.4, -0.2) is 11.0 Å². The molecule has 23 heavy (non-hydrogen) atoms. The Hall–Kier alpha value is -2.01. The van der Waals surface area contributed by atoms with Crippen LogP contribution in [0.5, 0.6) is 5.75 Å². The lowest BCUT2D eigenvalue weighted by Crippen LogP contribution is -2.11. The number of carbonyl (C=O) groups excluding carboxylic acids is 1. The van der Waals surface area contributed by atoms with Gasteiger partial charge in [0.05, 0.1) is 5.69 Å². The predicted octanol–water partition coefficient (Wildman–Crippen LogP) is 5.20. The van der Waals surface area contributed by atoms with Crippen molar-refractivity contribution in [2.45, 2.75) is 42.4 Å². The van der Waals surface area contributed by atoms with E-state index in [1.165, 1.54) is 30.0 Å². The number of nitrogens with one attached hydrogen (secondary N) is 1. The van der Waals surface area contributed by atoms with Gasteiger partial charge in [0, 0.05) is 16.2 Å². The maximum atomic E-state index is 13.0. The van der Waals surface area contributed by atoms with E-state index in [-0.39, 0.29) is 17.5 Å². The first-order valence-corrected chi connectivity index (χ1v) is 8.47. The first-order chi connectivity index (χ1) is 11.1. The third-order valence-corrected chi connectivity index (χ3v) is 4.39. The summed E-state index contributed by atoms with van der Waals surface area (Å²) in [5.74, 6) is -0.378. The third kappa shape index (κ3) is 5.28. The Balaban J connectivity index is 2.12. The quantitative estimate of drug-likeness (QED) is 0.541. The summed E-state index contributed by atoms with van der Waals surface area (Å²) in [6.45, 7) is 2.08. The molecule has 2 aromatic carbocycles. The molecule has 0 aliphatic carbocycles. The number of phenols is 1. The molecule has 0 heterocycles. The van der Waals surface area contributed by atoms with Crippen LogP contribution in [-0.2, 0) is 4.79 Å². The number of rotatable bonds is 7. The summed E-state index contributed by atoms with van der Waals surface area (Å²) in [6.07, 6.45) is 3.32. The van der Waals surface area contributed by atoms with E-state index in [0.29, 0.717) is 12.1 Å². The maximum absolute atomic E-state index is 13.0. The number of unbranched alkanes of at least 4 members (excludes halogenated alkanes) is 2. The summed E-state index contributed by atoms with van der Waals surface area (Å²) in [5.41, 5.74) is 0.406. The molecule has 0 spiro atoms. The van der Waals surface area contributed by atoms with Gasteiger partial charge in [-0.25, -0.2) is 4.39 Å². The van der Waals surface area contributed by atoms with Gasteiger partial charge in [-0.1, -0.05) is 37.6 Å². The van der Waals surface area contributed by atoms with E-state index in [1.54, 1.807) is 18.2 Å². The second-order valence-corrected chi connectivity index (χ2v) is 6.33. The number of aromatic hydroxyl groups is 1. The molecule has 0 aliphatic rings. The Bertz CT molecular complexity index is 659. The normalized spacial score (nSPS) is 10.5. The highest BCUT2D eigenvalue weighted by Crippen LogP contribution is 2.38. The van der Waals surface area contributed by atoms with Gasteiger partial charge in [-0.15, -0.1) is 0 Å². The number of para-hydroxylation sites is 1. The van der Waals surface area contributed by atoms with E-state index < -0.39 is 0 Å². The van der Waals surface area contributed by atoms with Crippen molar-refractivity contribution >= 4 is 23.4 Å². The summed E-state index contributed by atoms with van der Waals surface area (Å²) in [5, 5.41) is 12.8. The molecule has 1 amide bonds. The second-order valence-electron chi connectivity index (χ2n) is 5.21. The molecule has 0 bridgehead atoms. The minimum absolute atomic E-state index is 0.0287. The fourth-order valence-electron chi connectivity index (χ4n) is 2.10. The van der Waals surface area contributed by atoms with E-state index in [1.807, 2.05) is 6.07 Å². The van der Waals surface area contributed by atoms with Crippen molar-refractivity contribution in [1.82, 2.24) is 0 Å². The topological polar surface area (TPSA) is 49.3 Å². The zero-order chi connectivity index (χ0) is 16.7. The standard InChI is InChI=1S/C18H20FNO2S/c1-2-3-4-8-17(22)20-18-15(21)6-5-7-16(18)23-14-11-9-13(19)10-12-14/h5-7,9-12,21H,2-4,8H2,1H3,(H,20,22). The van der Waals surface area contributed by atoms with E-state index >= 15 is 0 Å². The van der Waals surface area contributed by atoms with Crippen molar-refractivity contribution in [3.05, 3.63) is 48.3 Å².